The Labute approximate surface area is 120 Å². The summed E-state index contributed by atoms with van der Waals surface area (Å²) in [6, 6.07) is 9.42. The zero-order valence-corrected chi connectivity index (χ0v) is 12.3. The normalized spacial score (nSPS) is 10.4. The lowest BCUT2D eigenvalue weighted by atomic mass is 10.2. The predicted molar refractivity (Wildman–Crippen MR) is 72.5 cm³/mol. The van der Waals surface area contributed by atoms with Crippen LogP contribution in [0.1, 0.15) is 5.56 Å². The van der Waals surface area contributed by atoms with Crippen molar-refractivity contribution in [2.75, 3.05) is 0 Å². The maximum absolute atomic E-state index is 13.5. The largest absolute Gasteiger partial charge is 0.485 e. The highest BCUT2D eigenvalue weighted by molar-refractivity contribution is 9.10. The van der Waals surface area contributed by atoms with Crippen molar-refractivity contribution in [2.24, 2.45) is 0 Å². The van der Waals surface area contributed by atoms with Gasteiger partial charge in [0.1, 0.15) is 12.4 Å². The van der Waals surface area contributed by atoms with Crippen LogP contribution in [0.15, 0.2) is 45.3 Å². The summed E-state index contributed by atoms with van der Waals surface area (Å²) in [5.41, 5.74) is 0.897. The molecule has 0 bridgehead atoms. The topological polar surface area (TPSA) is 9.23 Å². The summed E-state index contributed by atoms with van der Waals surface area (Å²) in [7, 11) is 0. The molecule has 0 spiro atoms. The summed E-state index contributed by atoms with van der Waals surface area (Å²) < 4.78 is 32.9. The van der Waals surface area contributed by atoms with Crippen LogP contribution in [0, 0.1) is 11.6 Å². The minimum atomic E-state index is -0.723. The predicted octanol–water partition coefficient (Wildman–Crippen LogP) is 5.07. The van der Waals surface area contributed by atoms with Gasteiger partial charge in [0.15, 0.2) is 11.6 Å². The fourth-order valence-electron chi connectivity index (χ4n) is 1.40. The molecule has 0 fully saturated rings. The van der Waals surface area contributed by atoms with E-state index >= 15 is 0 Å². The van der Waals surface area contributed by atoms with Gasteiger partial charge in [-0.15, -0.1) is 0 Å². The summed E-state index contributed by atoms with van der Waals surface area (Å²) in [4.78, 5) is 0. The maximum atomic E-state index is 13.5. The molecule has 0 atom stereocenters. The van der Waals surface area contributed by atoms with Crippen molar-refractivity contribution in [3.8, 4) is 5.75 Å². The van der Waals surface area contributed by atoms with Gasteiger partial charge >= 0.3 is 0 Å². The number of ether oxygens (including phenoxy) is 1. The van der Waals surface area contributed by atoms with Gasteiger partial charge in [-0.2, -0.15) is 0 Å². The molecule has 0 aromatic heterocycles. The molecule has 1 nitrogen and oxygen atoms in total. The third-order valence-corrected chi connectivity index (χ3v) is 3.38. The van der Waals surface area contributed by atoms with E-state index in [2.05, 4.69) is 31.9 Å². The smallest absolute Gasteiger partial charge is 0.169 e. The van der Waals surface area contributed by atoms with Crippen LogP contribution in [0.2, 0.25) is 0 Å². The fourth-order valence-corrected chi connectivity index (χ4v) is 2.19. The number of rotatable bonds is 3. The first-order valence-electron chi connectivity index (χ1n) is 5.08. The monoisotopic (exact) mass is 376 g/mol. The van der Waals surface area contributed by atoms with Gasteiger partial charge in [-0.3, -0.25) is 0 Å². The third kappa shape index (κ3) is 3.29. The molecule has 2 aromatic rings. The first-order valence-corrected chi connectivity index (χ1v) is 6.66. The highest BCUT2D eigenvalue weighted by atomic mass is 79.9. The molecule has 0 aliphatic rings. The van der Waals surface area contributed by atoms with E-state index in [1.165, 1.54) is 6.07 Å². The van der Waals surface area contributed by atoms with Gasteiger partial charge in [0.05, 0.1) is 4.47 Å². The van der Waals surface area contributed by atoms with Gasteiger partial charge in [0.2, 0.25) is 0 Å². The molecular formula is C13H8Br2F2O. The van der Waals surface area contributed by atoms with Gasteiger partial charge in [0.25, 0.3) is 0 Å². The average molecular weight is 378 g/mol. The van der Waals surface area contributed by atoms with Gasteiger partial charge < -0.3 is 4.74 Å². The van der Waals surface area contributed by atoms with Crippen molar-refractivity contribution in [1.29, 1.82) is 0 Å². The molecule has 0 saturated carbocycles. The standard InChI is InChI=1S/C13H8Br2F2O/c14-9-3-1-8(2-4-9)7-18-13-11(15)5-10(16)6-12(13)17/h1-6H,7H2. The van der Waals surface area contributed by atoms with Crippen molar-refractivity contribution in [2.45, 2.75) is 6.61 Å². The molecule has 18 heavy (non-hydrogen) atoms. The van der Waals surface area contributed by atoms with Crippen molar-refractivity contribution >= 4 is 31.9 Å². The number of hydrogen-bond acceptors (Lipinski definition) is 1. The van der Waals surface area contributed by atoms with Crippen LogP contribution < -0.4 is 4.74 Å². The minimum Gasteiger partial charge on any atom is -0.485 e. The van der Waals surface area contributed by atoms with E-state index in [0.717, 1.165) is 16.1 Å². The molecule has 0 aliphatic heterocycles. The Morgan fingerprint density at radius 2 is 1.67 bits per heavy atom. The van der Waals surface area contributed by atoms with Gasteiger partial charge in [0, 0.05) is 10.5 Å². The molecule has 0 aliphatic carbocycles. The second-order valence-electron chi connectivity index (χ2n) is 3.61. The second-order valence-corrected chi connectivity index (χ2v) is 5.38. The molecule has 0 saturated heterocycles. The highest BCUT2D eigenvalue weighted by Crippen LogP contribution is 2.30. The van der Waals surface area contributed by atoms with Crippen LogP contribution in [-0.2, 0) is 6.61 Å². The summed E-state index contributed by atoms with van der Waals surface area (Å²) in [5.74, 6) is -1.35. The van der Waals surface area contributed by atoms with E-state index < -0.39 is 11.6 Å². The van der Waals surface area contributed by atoms with Crippen molar-refractivity contribution in [3.05, 3.63) is 62.5 Å². The lowest BCUT2D eigenvalue weighted by Crippen LogP contribution is -1.98. The Morgan fingerprint density at radius 3 is 2.28 bits per heavy atom. The summed E-state index contributed by atoms with van der Waals surface area (Å²) in [5, 5.41) is 0. The zero-order chi connectivity index (χ0) is 13.1. The van der Waals surface area contributed by atoms with E-state index in [9.17, 15) is 8.78 Å². The molecule has 0 N–H and O–H groups in total. The van der Waals surface area contributed by atoms with Crippen LogP contribution in [0.5, 0.6) is 5.75 Å². The highest BCUT2D eigenvalue weighted by Gasteiger charge is 2.11. The Hall–Kier alpha value is -0.940. The van der Waals surface area contributed by atoms with Gasteiger partial charge in [-0.05, 0) is 39.7 Å². The lowest BCUT2D eigenvalue weighted by molar-refractivity contribution is 0.287. The van der Waals surface area contributed by atoms with Crippen molar-refractivity contribution in [1.82, 2.24) is 0 Å². The summed E-state index contributed by atoms with van der Waals surface area (Å²) in [6.45, 7) is 0.217. The van der Waals surface area contributed by atoms with E-state index in [1.54, 1.807) is 0 Å². The van der Waals surface area contributed by atoms with Crippen molar-refractivity contribution < 1.29 is 13.5 Å². The van der Waals surface area contributed by atoms with E-state index in [4.69, 9.17) is 4.74 Å². The molecule has 2 aromatic carbocycles. The van der Waals surface area contributed by atoms with E-state index in [0.29, 0.717) is 0 Å². The quantitative estimate of drug-likeness (QED) is 0.725. The second kappa shape index (κ2) is 5.80. The Morgan fingerprint density at radius 1 is 1.00 bits per heavy atom. The van der Waals surface area contributed by atoms with E-state index in [1.807, 2.05) is 24.3 Å². The Bertz CT molecular complexity index is 532. The molecule has 0 amide bonds. The van der Waals surface area contributed by atoms with Crippen LogP contribution in [-0.4, -0.2) is 0 Å². The number of benzene rings is 2. The Balaban J connectivity index is 2.13. The SMILES string of the molecule is Fc1cc(F)c(OCc2ccc(Br)cc2)c(Br)c1. The maximum Gasteiger partial charge on any atom is 0.169 e. The van der Waals surface area contributed by atoms with E-state index in [-0.39, 0.29) is 16.8 Å². The number of halogens is 4. The fraction of sp³-hybridized carbons (Fsp3) is 0.0769. The van der Waals surface area contributed by atoms with Crippen LogP contribution in [0.25, 0.3) is 0 Å². The summed E-state index contributed by atoms with van der Waals surface area (Å²) in [6.07, 6.45) is 0. The van der Waals surface area contributed by atoms with Gasteiger partial charge in [-0.1, -0.05) is 28.1 Å². The van der Waals surface area contributed by atoms with Gasteiger partial charge in [-0.25, -0.2) is 8.78 Å². The van der Waals surface area contributed by atoms with Crippen LogP contribution in [0.4, 0.5) is 8.78 Å². The molecule has 94 valence electrons. The molecular weight excluding hydrogens is 370 g/mol. The molecule has 0 heterocycles. The first-order chi connectivity index (χ1) is 8.56. The summed E-state index contributed by atoms with van der Waals surface area (Å²) >= 11 is 6.39. The molecule has 0 radical (unpaired) electrons. The number of hydrogen-bond donors (Lipinski definition) is 0. The molecule has 2 rings (SSSR count). The lowest BCUT2D eigenvalue weighted by Gasteiger charge is -2.09. The Kier molecular flexibility index (Phi) is 4.35. The minimum absolute atomic E-state index is 0.0133. The molecule has 0 unspecified atom stereocenters. The third-order valence-electron chi connectivity index (χ3n) is 2.26. The van der Waals surface area contributed by atoms with Crippen molar-refractivity contribution in [3.63, 3.8) is 0 Å². The van der Waals surface area contributed by atoms with Crippen LogP contribution in [0.3, 0.4) is 0 Å². The zero-order valence-electron chi connectivity index (χ0n) is 9.09. The van der Waals surface area contributed by atoms with Crippen LogP contribution >= 0.6 is 31.9 Å². The molecule has 5 heteroatoms. The first kappa shape index (κ1) is 13.5. The average Bonchev–Trinajstić information content (AvgIpc) is 2.30.